The van der Waals surface area contributed by atoms with Crippen molar-refractivity contribution >= 4 is 21.5 Å². The molecule has 0 aromatic heterocycles. The Morgan fingerprint density at radius 1 is 0.682 bits per heavy atom. The normalized spacial score (nSPS) is 10.9. The highest BCUT2D eigenvalue weighted by atomic mass is 14.0. The summed E-state index contributed by atoms with van der Waals surface area (Å²) in [6.07, 6.45) is 13.7. The van der Waals surface area contributed by atoms with E-state index in [2.05, 4.69) is 60.5 Å². The van der Waals surface area contributed by atoms with Gasteiger partial charge in [-0.25, -0.2) is 0 Å². The Hall–Kier alpha value is -2.26. The maximum absolute atomic E-state index is 6.90. The van der Waals surface area contributed by atoms with Gasteiger partial charge in [0.05, 0.1) is 0 Å². The van der Waals surface area contributed by atoms with Crippen LogP contribution in [0.2, 0.25) is 0 Å². The molecule has 0 saturated carbocycles. The monoisotopic (exact) mass is 285 g/mol. The molecule has 0 heteroatoms. The minimum atomic E-state index is 0.809. The van der Waals surface area contributed by atoms with E-state index in [1.165, 1.54) is 46.4 Å². The van der Waals surface area contributed by atoms with Crippen molar-refractivity contribution in [3.8, 4) is 5.92 Å². The van der Waals surface area contributed by atoms with Crippen LogP contribution in [0.3, 0.4) is 0 Å². The summed E-state index contributed by atoms with van der Waals surface area (Å²) in [5.74, 6) is 2.46. The van der Waals surface area contributed by atoms with Crippen LogP contribution in [0.4, 0.5) is 0 Å². The third kappa shape index (κ3) is 3.49. The Morgan fingerprint density at radius 2 is 1.36 bits per heavy atom. The molecule has 0 heterocycles. The molecule has 0 aliphatic carbocycles. The average Bonchev–Trinajstić information content (AvgIpc) is 2.56. The molecule has 3 aromatic carbocycles. The maximum atomic E-state index is 6.90. The van der Waals surface area contributed by atoms with Gasteiger partial charge >= 0.3 is 0 Å². The summed E-state index contributed by atoms with van der Waals surface area (Å²) in [4.78, 5) is 0. The lowest BCUT2D eigenvalue weighted by atomic mass is 9.99. The summed E-state index contributed by atoms with van der Waals surface area (Å²) >= 11 is 0. The Kier molecular flexibility index (Phi) is 4.76. The van der Waals surface area contributed by atoms with E-state index in [9.17, 15) is 0 Å². The molecular weight excluding hydrogens is 264 g/mol. The number of unbranched alkanes of at least 4 members (excludes halogenated alkanes) is 4. The topological polar surface area (TPSA) is 0 Å². The molecule has 0 bridgehead atoms. The quantitative estimate of drug-likeness (QED) is 0.293. The molecular formula is C22H21. The first-order valence-corrected chi connectivity index (χ1v) is 8.18. The molecule has 0 fully saturated rings. The molecule has 0 spiro atoms. The summed E-state index contributed by atoms with van der Waals surface area (Å²) < 4.78 is 0. The third-order valence-electron chi connectivity index (χ3n) is 4.29. The largest absolute Gasteiger partial charge is 0.0891 e. The highest BCUT2D eigenvalue weighted by Crippen LogP contribution is 2.24. The van der Waals surface area contributed by atoms with E-state index in [4.69, 9.17) is 6.42 Å². The molecule has 0 saturated heterocycles. The fourth-order valence-electron chi connectivity index (χ4n) is 3.04. The van der Waals surface area contributed by atoms with Crippen LogP contribution in [0.15, 0.2) is 54.6 Å². The zero-order chi connectivity index (χ0) is 15.2. The van der Waals surface area contributed by atoms with Gasteiger partial charge in [-0.05, 0) is 64.9 Å². The standard InChI is InChI=1S/C22H21/c1-2-3-4-5-6-7-10-18-13-14-21-16-19-11-8-9-12-20(19)17-22(21)15-18/h8-9,11-17H,3-7,10H2. The summed E-state index contributed by atoms with van der Waals surface area (Å²) in [6, 6.07) is 20.0. The summed E-state index contributed by atoms with van der Waals surface area (Å²) in [5.41, 5.74) is 1.43. The Morgan fingerprint density at radius 3 is 2.14 bits per heavy atom. The van der Waals surface area contributed by atoms with Crippen LogP contribution in [0.25, 0.3) is 21.5 Å². The minimum Gasteiger partial charge on any atom is -0.0891 e. The van der Waals surface area contributed by atoms with E-state index in [0.29, 0.717) is 0 Å². The number of rotatable bonds is 6. The van der Waals surface area contributed by atoms with Gasteiger partial charge in [-0.2, -0.15) is 0 Å². The smallest absolute Gasteiger partial charge is 0.00989 e. The molecule has 3 rings (SSSR count). The number of hydrogen-bond donors (Lipinski definition) is 0. The van der Waals surface area contributed by atoms with Crippen LogP contribution >= 0.6 is 0 Å². The van der Waals surface area contributed by atoms with E-state index in [-0.39, 0.29) is 0 Å². The van der Waals surface area contributed by atoms with Gasteiger partial charge < -0.3 is 0 Å². The first kappa shape index (κ1) is 14.7. The van der Waals surface area contributed by atoms with Gasteiger partial charge in [-0.1, -0.05) is 61.2 Å². The zero-order valence-corrected chi connectivity index (χ0v) is 12.9. The van der Waals surface area contributed by atoms with Crippen molar-refractivity contribution in [2.24, 2.45) is 0 Å². The molecule has 1 radical (unpaired) electrons. The Labute approximate surface area is 133 Å². The number of benzene rings is 3. The summed E-state index contributed by atoms with van der Waals surface area (Å²) in [5, 5.41) is 5.29. The third-order valence-corrected chi connectivity index (χ3v) is 4.29. The summed E-state index contributed by atoms with van der Waals surface area (Å²) in [7, 11) is 0. The van der Waals surface area contributed by atoms with Gasteiger partial charge in [0.15, 0.2) is 0 Å². The zero-order valence-electron chi connectivity index (χ0n) is 12.9. The fraction of sp³-hybridized carbons (Fsp3) is 0.273. The van der Waals surface area contributed by atoms with Gasteiger partial charge in [0.25, 0.3) is 0 Å². The lowest BCUT2D eigenvalue weighted by Gasteiger charge is -2.06. The molecule has 22 heavy (non-hydrogen) atoms. The van der Waals surface area contributed by atoms with Crippen molar-refractivity contribution in [1.82, 2.24) is 0 Å². The van der Waals surface area contributed by atoms with E-state index in [1.807, 2.05) is 0 Å². The number of hydrogen-bond acceptors (Lipinski definition) is 0. The van der Waals surface area contributed by atoms with Gasteiger partial charge in [0.2, 0.25) is 0 Å². The van der Waals surface area contributed by atoms with Crippen LogP contribution < -0.4 is 0 Å². The van der Waals surface area contributed by atoms with E-state index < -0.39 is 0 Å². The van der Waals surface area contributed by atoms with E-state index in [1.54, 1.807) is 0 Å². The Bertz CT molecular complexity index is 805. The SMILES string of the molecule is [C]#CCCCCCCc1ccc2cc3ccccc3cc2c1. The fourth-order valence-corrected chi connectivity index (χ4v) is 3.04. The molecule has 0 aliphatic rings. The van der Waals surface area contributed by atoms with Crippen molar-refractivity contribution in [2.75, 3.05) is 0 Å². The lowest BCUT2D eigenvalue weighted by Crippen LogP contribution is -1.87. The van der Waals surface area contributed by atoms with Crippen LogP contribution in [0.5, 0.6) is 0 Å². The number of fused-ring (bicyclic) bond motifs is 2. The molecule has 0 amide bonds. The second-order valence-corrected chi connectivity index (χ2v) is 5.97. The second-order valence-electron chi connectivity index (χ2n) is 5.97. The van der Waals surface area contributed by atoms with Gasteiger partial charge in [0.1, 0.15) is 0 Å². The molecule has 0 atom stereocenters. The van der Waals surface area contributed by atoms with E-state index in [0.717, 1.165) is 19.3 Å². The second kappa shape index (κ2) is 7.14. The average molecular weight is 285 g/mol. The van der Waals surface area contributed by atoms with Gasteiger partial charge in [-0.3, -0.25) is 0 Å². The molecule has 0 unspecified atom stereocenters. The van der Waals surface area contributed by atoms with Crippen LogP contribution in [0.1, 0.15) is 37.7 Å². The lowest BCUT2D eigenvalue weighted by molar-refractivity contribution is 0.650. The number of aryl methyl sites for hydroxylation is 1. The van der Waals surface area contributed by atoms with Gasteiger partial charge in [-0.15, -0.1) is 0 Å². The highest BCUT2D eigenvalue weighted by Gasteiger charge is 2.00. The van der Waals surface area contributed by atoms with Gasteiger partial charge in [0, 0.05) is 6.42 Å². The maximum Gasteiger partial charge on any atom is 0.00989 e. The first-order chi connectivity index (χ1) is 10.9. The predicted octanol–water partition coefficient (Wildman–Crippen LogP) is 6.08. The minimum absolute atomic E-state index is 0.809. The van der Waals surface area contributed by atoms with Crippen molar-refractivity contribution in [1.29, 1.82) is 0 Å². The summed E-state index contributed by atoms with van der Waals surface area (Å²) in [6.45, 7) is 0. The first-order valence-electron chi connectivity index (χ1n) is 8.18. The molecule has 3 aromatic rings. The van der Waals surface area contributed by atoms with Crippen LogP contribution in [-0.4, -0.2) is 0 Å². The molecule has 0 N–H and O–H groups in total. The van der Waals surface area contributed by atoms with E-state index >= 15 is 0 Å². The predicted molar refractivity (Wildman–Crippen MR) is 95.4 cm³/mol. The van der Waals surface area contributed by atoms with Crippen LogP contribution in [0, 0.1) is 12.3 Å². The highest BCUT2D eigenvalue weighted by molar-refractivity contribution is 5.98. The van der Waals surface area contributed by atoms with Crippen molar-refractivity contribution in [2.45, 2.75) is 38.5 Å². The molecule has 0 nitrogen and oxygen atoms in total. The van der Waals surface area contributed by atoms with Crippen molar-refractivity contribution < 1.29 is 0 Å². The van der Waals surface area contributed by atoms with Crippen molar-refractivity contribution in [3.05, 3.63) is 66.6 Å². The molecule has 109 valence electrons. The van der Waals surface area contributed by atoms with Crippen molar-refractivity contribution in [3.63, 3.8) is 0 Å². The molecule has 0 aliphatic heterocycles. The van der Waals surface area contributed by atoms with Crippen LogP contribution in [-0.2, 0) is 6.42 Å². The Balaban J connectivity index is 1.70.